The topological polar surface area (TPSA) is 94.7 Å². The highest BCUT2D eigenvalue weighted by Crippen LogP contribution is 2.36. The third-order valence-electron chi connectivity index (χ3n) is 4.35. The maximum absolute atomic E-state index is 12.4. The average molecular weight is 489 g/mol. The smallest absolute Gasteiger partial charge is 0.276 e. The molecule has 1 N–H and O–H groups in total. The first-order chi connectivity index (χ1) is 14.2. The van der Waals surface area contributed by atoms with Crippen LogP contribution in [-0.2, 0) is 17.1 Å². The molecule has 2 aromatic heterocycles. The van der Waals surface area contributed by atoms with Crippen LogP contribution in [0, 0.1) is 0 Å². The standard InChI is InChI=1S/C20H17BrN4O4S/c1-24-11-18(25-12-22-10-17(25)20(24)26)16-9-14(23-30(2,27)28)5-8-19(16)29-15-6-3-13(21)4-7-15/h3-12,23H,1-2H3. The van der Waals surface area contributed by atoms with E-state index in [-0.39, 0.29) is 5.56 Å². The van der Waals surface area contributed by atoms with Gasteiger partial charge in [-0.2, -0.15) is 0 Å². The Kier molecular flexibility index (Phi) is 5.12. The number of ether oxygens (including phenoxy) is 1. The van der Waals surface area contributed by atoms with Gasteiger partial charge in [-0.1, -0.05) is 15.9 Å². The van der Waals surface area contributed by atoms with E-state index in [9.17, 15) is 13.2 Å². The molecule has 0 aliphatic heterocycles. The van der Waals surface area contributed by atoms with Crippen molar-refractivity contribution in [2.75, 3.05) is 11.0 Å². The highest BCUT2D eigenvalue weighted by molar-refractivity contribution is 9.10. The summed E-state index contributed by atoms with van der Waals surface area (Å²) in [5.41, 5.74) is 1.78. The van der Waals surface area contributed by atoms with E-state index in [0.717, 1.165) is 10.7 Å². The minimum atomic E-state index is -3.47. The summed E-state index contributed by atoms with van der Waals surface area (Å²) < 4.78 is 36.0. The molecule has 0 radical (unpaired) electrons. The van der Waals surface area contributed by atoms with E-state index < -0.39 is 10.0 Å². The van der Waals surface area contributed by atoms with Gasteiger partial charge in [0, 0.05) is 29.0 Å². The van der Waals surface area contributed by atoms with Gasteiger partial charge in [-0.05, 0) is 42.5 Å². The second-order valence-electron chi connectivity index (χ2n) is 6.72. The molecule has 2 aromatic carbocycles. The first-order valence-corrected chi connectivity index (χ1v) is 11.5. The molecule has 0 saturated heterocycles. The molecule has 0 bridgehead atoms. The van der Waals surface area contributed by atoms with Crippen molar-refractivity contribution in [1.29, 1.82) is 0 Å². The Balaban J connectivity index is 1.92. The summed E-state index contributed by atoms with van der Waals surface area (Å²) in [6.45, 7) is 0. The summed E-state index contributed by atoms with van der Waals surface area (Å²) in [7, 11) is -1.82. The molecule has 154 valence electrons. The van der Waals surface area contributed by atoms with Crippen molar-refractivity contribution in [2.45, 2.75) is 0 Å². The van der Waals surface area contributed by atoms with Crippen LogP contribution in [0.5, 0.6) is 11.5 Å². The Labute approximate surface area is 180 Å². The lowest BCUT2D eigenvalue weighted by Crippen LogP contribution is -2.19. The first kappa shape index (κ1) is 20.2. The van der Waals surface area contributed by atoms with Gasteiger partial charge in [-0.15, -0.1) is 0 Å². The fraction of sp³-hybridized carbons (Fsp3) is 0.100. The highest BCUT2D eigenvalue weighted by atomic mass is 79.9. The maximum Gasteiger partial charge on any atom is 0.276 e. The molecule has 0 unspecified atom stereocenters. The Morgan fingerprint density at radius 3 is 2.57 bits per heavy atom. The van der Waals surface area contributed by atoms with E-state index in [1.165, 1.54) is 17.1 Å². The number of nitrogens with zero attached hydrogens (tertiary/aromatic N) is 3. The minimum absolute atomic E-state index is 0.197. The molecule has 0 atom stereocenters. The van der Waals surface area contributed by atoms with Crippen LogP contribution in [0.25, 0.3) is 16.8 Å². The third-order valence-corrected chi connectivity index (χ3v) is 5.49. The molecule has 0 aliphatic carbocycles. The number of aromatic nitrogens is 3. The quantitative estimate of drug-likeness (QED) is 0.462. The van der Waals surface area contributed by atoms with Crippen molar-refractivity contribution >= 4 is 37.2 Å². The van der Waals surface area contributed by atoms with E-state index in [4.69, 9.17) is 4.74 Å². The number of halogens is 1. The van der Waals surface area contributed by atoms with Crippen molar-refractivity contribution in [2.24, 2.45) is 7.05 Å². The SMILES string of the molecule is Cn1cc(-c2cc(NS(C)(=O)=O)ccc2Oc2ccc(Br)cc2)n2cncc2c1=O. The molecule has 8 nitrogen and oxygen atoms in total. The summed E-state index contributed by atoms with van der Waals surface area (Å²) >= 11 is 3.39. The molecular weight excluding hydrogens is 472 g/mol. The predicted octanol–water partition coefficient (Wildman–Crippen LogP) is 3.63. The van der Waals surface area contributed by atoms with Crippen LogP contribution in [-0.4, -0.2) is 28.6 Å². The molecule has 2 heterocycles. The van der Waals surface area contributed by atoms with E-state index >= 15 is 0 Å². The fourth-order valence-corrected chi connectivity index (χ4v) is 3.88. The zero-order chi connectivity index (χ0) is 21.5. The fourth-order valence-electron chi connectivity index (χ4n) is 3.06. The van der Waals surface area contributed by atoms with Gasteiger partial charge in [0.05, 0.1) is 24.5 Å². The van der Waals surface area contributed by atoms with Gasteiger partial charge < -0.3 is 9.30 Å². The number of anilines is 1. The number of sulfonamides is 1. The molecule has 0 aliphatic rings. The minimum Gasteiger partial charge on any atom is -0.457 e. The van der Waals surface area contributed by atoms with Gasteiger partial charge in [0.2, 0.25) is 10.0 Å². The van der Waals surface area contributed by atoms with Crippen LogP contribution in [0.2, 0.25) is 0 Å². The van der Waals surface area contributed by atoms with Crippen molar-refractivity contribution < 1.29 is 13.2 Å². The average Bonchev–Trinajstić information content (AvgIpc) is 3.17. The molecule has 4 aromatic rings. The zero-order valence-electron chi connectivity index (χ0n) is 16.0. The third kappa shape index (κ3) is 4.10. The van der Waals surface area contributed by atoms with Crippen LogP contribution in [0.15, 0.2) is 70.5 Å². The number of hydrogen-bond acceptors (Lipinski definition) is 5. The van der Waals surface area contributed by atoms with E-state index in [0.29, 0.717) is 34.0 Å². The lowest BCUT2D eigenvalue weighted by Gasteiger charge is -2.16. The number of benzene rings is 2. The van der Waals surface area contributed by atoms with E-state index in [1.54, 1.807) is 35.8 Å². The van der Waals surface area contributed by atoms with E-state index in [1.807, 2.05) is 24.3 Å². The van der Waals surface area contributed by atoms with Crippen molar-refractivity contribution in [1.82, 2.24) is 14.0 Å². The van der Waals surface area contributed by atoms with Gasteiger partial charge in [0.15, 0.2) is 0 Å². The van der Waals surface area contributed by atoms with Crippen LogP contribution in [0.3, 0.4) is 0 Å². The molecule has 4 rings (SSSR count). The summed E-state index contributed by atoms with van der Waals surface area (Å²) in [5, 5.41) is 0. The molecule has 10 heteroatoms. The zero-order valence-corrected chi connectivity index (χ0v) is 18.4. The second kappa shape index (κ2) is 7.62. The number of nitrogens with one attached hydrogen (secondary N) is 1. The Hall–Kier alpha value is -3.11. The van der Waals surface area contributed by atoms with Crippen LogP contribution < -0.4 is 15.0 Å². The van der Waals surface area contributed by atoms with Crippen LogP contribution in [0.1, 0.15) is 0 Å². The number of aryl methyl sites for hydroxylation is 1. The Bertz CT molecular complexity index is 1410. The van der Waals surface area contributed by atoms with Gasteiger partial charge >= 0.3 is 0 Å². The number of fused-ring (bicyclic) bond motifs is 1. The Morgan fingerprint density at radius 1 is 1.13 bits per heavy atom. The summed E-state index contributed by atoms with van der Waals surface area (Å²) in [6, 6.07) is 12.3. The second-order valence-corrected chi connectivity index (χ2v) is 9.38. The van der Waals surface area contributed by atoms with Crippen molar-refractivity contribution in [3.05, 3.63) is 76.0 Å². The lowest BCUT2D eigenvalue weighted by molar-refractivity contribution is 0.484. The number of imidazole rings is 1. The first-order valence-electron chi connectivity index (χ1n) is 8.78. The predicted molar refractivity (Wildman–Crippen MR) is 119 cm³/mol. The summed E-state index contributed by atoms with van der Waals surface area (Å²) in [5.74, 6) is 1.10. The monoisotopic (exact) mass is 488 g/mol. The summed E-state index contributed by atoms with van der Waals surface area (Å²) in [4.78, 5) is 16.5. The molecule has 0 amide bonds. The molecule has 0 saturated carbocycles. The van der Waals surface area contributed by atoms with Crippen molar-refractivity contribution in [3.63, 3.8) is 0 Å². The summed E-state index contributed by atoms with van der Waals surface area (Å²) in [6.07, 6.45) is 5.76. The highest BCUT2D eigenvalue weighted by Gasteiger charge is 2.16. The van der Waals surface area contributed by atoms with Crippen LogP contribution >= 0.6 is 15.9 Å². The van der Waals surface area contributed by atoms with Gasteiger partial charge in [0.1, 0.15) is 17.0 Å². The molecule has 30 heavy (non-hydrogen) atoms. The van der Waals surface area contributed by atoms with Gasteiger partial charge in [0.25, 0.3) is 5.56 Å². The van der Waals surface area contributed by atoms with Gasteiger partial charge in [-0.3, -0.25) is 13.9 Å². The molecular formula is C20H17BrN4O4S. The maximum atomic E-state index is 12.4. The molecule has 0 spiro atoms. The number of hydrogen-bond donors (Lipinski definition) is 1. The lowest BCUT2D eigenvalue weighted by atomic mass is 10.1. The Morgan fingerprint density at radius 2 is 1.87 bits per heavy atom. The van der Waals surface area contributed by atoms with Crippen molar-refractivity contribution in [3.8, 4) is 22.8 Å². The largest absolute Gasteiger partial charge is 0.457 e. The van der Waals surface area contributed by atoms with Gasteiger partial charge in [-0.25, -0.2) is 13.4 Å². The normalized spacial score (nSPS) is 11.6. The van der Waals surface area contributed by atoms with Crippen LogP contribution in [0.4, 0.5) is 5.69 Å². The molecule has 0 fully saturated rings. The number of rotatable bonds is 5. The van der Waals surface area contributed by atoms with E-state index in [2.05, 4.69) is 25.6 Å².